The molecule has 0 radical (unpaired) electrons. The minimum absolute atomic E-state index is 0.0325. The van der Waals surface area contributed by atoms with E-state index in [4.69, 9.17) is 0 Å². The number of benzene rings is 2. The first-order valence-electron chi connectivity index (χ1n) is 9.84. The maximum Gasteiger partial charge on any atom is 0.261 e. The van der Waals surface area contributed by atoms with Crippen molar-refractivity contribution in [2.75, 3.05) is 6.54 Å². The highest BCUT2D eigenvalue weighted by molar-refractivity contribution is 7.14. The molecule has 2 aromatic carbocycles. The third kappa shape index (κ3) is 4.44. The van der Waals surface area contributed by atoms with E-state index < -0.39 is 0 Å². The van der Waals surface area contributed by atoms with Gasteiger partial charge in [-0.3, -0.25) is 9.59 Å². The predicted molar refractivity (Wildman–Crippen MR) is 121 cm³/mol. The van der Waals surface area contributed by atoms with Crippen LogP contribution >= 0.6 is 11.3 Å². The van der Waals surface area contributed by atoms with Crippen molar-refractivity contribution in [3.05, 3.63) is 93.8 Å². The lowest BCUT2D eigenvalue weighted by atomic mass is 9.91. The number of para-hydroxylation sites is 1. The molecule has 0 aliphatic heterocycles. The first-order chi connectivity index (χ1) is 14.6. The lowest BCUT2D eigenvalue weighted by Crippen LogP contribution is -2.28. The van der Waals surface area contributed by atoms with E-state index in [1.807, 2.05) is 42.6 Å². The van der Waals surface area contributed by atoms with Crippen molar-refractivity contribution in [3.63, 3.8) is 0 Å². The van der Waals surface area contributed by atoms with Crippen LogP contribution in [-0.2, 0) is 11.3 Å². The molecular weight excluding hydrogens is 394 g/mol. The lowest BCUT2D eigenvalue weighted by Gasteiger charge is -2.18. The Morgan fingerprint density at radius 1 is 0.967 bits per heavy atom. The number of H-pyrrole nitrogens is 1. The highest BCUT2D eigenvalue weighted by Gasteiger charge is 2.19. The summed E-state index contributed by atoms with van der Waals surface area (Å²) in [4.78, 5) is 28.8. The molecule has 4 aromatic rings. The molecule has 2 aromatic heterocycles. The van der Waals surface area contributed by atoms with Crippen molar-refractivity contribution in [2.24, 2.45) is 0 Å². The van der Waals surface area contributed by atoms with Gasteiger partial charge in [-0.25, -0.2) is 0 Å². The largest absolute Gasteiger partial charge is 0.361 e. The molecule has 1 unspecified atom stereocenters. The maximum atomic E-state index is 12.8. The third-order valence-electron chi connectivity index (χ3n) is 5.06. The van der Waals surface area contributed by atoms with Gasteiger partial charge in [-0.1, -0.05) is 48.5 Å². The molecular formula is C24H23N3O2S. The van der Waals surface area contributed by atoms with Gasteiger partial charge in [0.05, 0.1) is 11.4 Å². The first kappa shape index (κ1) is 19.9. The van der Waals surface area contributed by atoms with E-state index in [-0.39, 0.29) is 17.7 Å². The average Bonchev–Trinajstić information content (AvgIpc) is 3.41. The fraction of sp³-hybridized carbons (Fsp3) is 0.167. The Hall–Kier alpha value is -3.38. The van der Waals surface area contributed by atoms with Gasteiger partial charge < -0.3 is 15.6 Å². The van der Waals surface area contributed by atoms with Gasteiger partial charge in [0.2, 0.25) is 5.91 Å². The summed E-state index contributed by atoms with van der Waals surface area (Å²) in [6, 6.07) is 22.1. The van der Waals surface area contributed by atoms with Gasteiger partial charge in [0.15, 0.2) is 0 Å². The topological polar surface area (TPSA) is 74.0 Å². The fourth-order valence-corrected chi connectivity index (χ4v) is 4.43. The van der Waals surface area contributed by atoms with Crippen LogP contribution in [0.3, 0.4) is 0 Å². The molecule has 2 amide bonds. The van der Waals surface area contributed by atoms with E-state index in [1.165, 1.54) is 18.3 Å². The van der Waals surface area contributed by atoms with Crippen LogP contribution in [0.5, 0.6) is 0 Å². The van der Waals surface area contributed by atoms with Crippen molar-refractivity contribution in [1.29, 1.82) is 0 Å². The molecule has 2 heterocycles. The molecule has 0 aliphatic carbocycles. The standard InChI is InChI=1S/C24H23N3O2S/c1-16(28)25-13-18-11-12-23(30-18)24(29)27-14-20(17-7-3-2-4-8-17)21-15-26-22-10-6-5-9-19(21)22/h2-12,15,20,26H,13-14H2,1H3,(H,25,28)(H,27,29). The van der Waals surface area contributed by atoms with Crippen LogP contribution in [0.1, 0.15) is 38.5 Å². The zero-order valence-corrected chi connectivity index (χ0v) is 17.5. The van der Waals surface area contributed by atoms with Crippen LogP contribution in [0.2, 0.25) is 0 Å². The number of carbonyl (C=O) groups is 2. The summed E-state index contributed by atoms with van der Waals surface area (Å²) in [6.07, 6.45) is 2.03. The molecule has 152 valence electrons. The van der Waals surface area contributed by atoms with Crippen molar-refractivity contribution < 1.29 is 9.59 Å². The number of carbonyl (C=O) groups excluding carboxylic acids is 2. The zero-order valence-electron chi connectivity index (χ0n) is 16.6. The number of amides is 2. The van der Waals surface area contributed by atoms with Gasteiger partial charge >= 0.3 is 0 Å². The molecule has 3 N–H and O–H groups in total. The molecule has 0 aliphatic rings. The minimum Gasteiger partial charge on any atom is -0.361 e. The number of hydrogen-bond acceptors (Lipinski definition) is 3. The Morgan fingerprint density at radius 3 is 2.53 bits per heavy atom. The quantitative estimate of drug-likeness (QED) is 0.416. The fourth-order valence-electron chi connectivity index (χ4n) is 3.56. The van der Waals surface area contributed by atoms with Gasteiger partial charge in [0.25, 0.3) is 5.91 Å². The smallest absolute Gasteiger partial charge is 0.261 e. The summed E-state index contributed by atoms with van der Waals surface area (Å²) in [6.45, 7) is 2.41. The Labute approximate surface area is 179 Å². The van der Waals surface area contributed by atoms with Crippen molar-refractivity contribution in [2.45, 2.75) is 19.4 Å². The number of hydrogen-bond donors (Lipinski definition) is 3. The monoisotopic (exact) mass is 417 g/mol. The average molecular weight is 418 g/mol. The molecule has 4 rings (SSSR count). The van der Waals surface area contributed by atoms with Crippen molar-refractivity contribution in [1.82, 2.24) is 15.6 Å². The Bertz CT molecular complexity index is 1160. The molecule has 1 atom stereocenters. The summed E-state index contributed by atoms with van der Waals surface area (Å²) in [7, 11) is 0. The summed E-state index contributed by atoms with van der Waals surface area (Å²) in [5.41, 5.74) is 3.40. The Balaban J connectivity index is 1.53. The van der Waals surface area contributed by atoms with Crippen molar-refractivity contribution in [3.8, 4) is 0 Å². The molecule has 5 nitrogen and oxygen atoms in total. The van der Waals surface area contributed by atoms with Crippen LogP contribution < -0.4 is 10.6 Å². The summed E-state index contributed by atoms with van der Waals surface area (Å²) in [5, 5.41) is 7.02. The molecule has 0 saturated carbocycles. The lowest BCUT2D eigenvalue weighted by molar-refractivity contribution is -0.119. The van der Waals surface area contributed by atoms with Crippen LogP contribution in [0.4, 0.5) is 0 Å². The number of rotatable bonds is 7. The van der Waals surface area contributed by atoms with E-state index in [1.54, 1.807) is 6.07 Å². The van der Waals surface area contributed by atoms with E-state index >= 15 is 0 Å². The van der Waals surface area contributed by atoms with E-state index in [2.05, 4.69) is 39.9 Å². The molecule has 0 fully saturated rings. The van der Waals surface area contributed by atoms with Gasteiger partial charge in [0, 0.05) is 41.4 Å². The van der Waals surface area contributed by atoms with Crippen LogP contribution in [0.15, 0.2) is 72.9 Å². The summed E-state index contributed by atoms with van der Waals surface area (Å²) in [5.74, 6) is -0.154. The Kier molecular flexibility index (Phi) is 5.95. The molecule has 30 heavy (non-hydrogen) atoms. The summed E-state index contributed by atoms with van der Waals surface area (Å²) < 4.78 is 0. The zero-order chi connectivity index (χ0) is 20.9. The number of nitrogens with one attached hydrogen (secondary N) is 3. The maximum absolute atomic E-state index is 12.8. The van der Waals surface area contributed by atoms with Crippen molar-refractivity contribution >= 4 is 34.1 Å². The van der Waals surface area contributed by atoms with Crippen LogP contribution in [-0.4, -0.2) is 23.3 Å². The molecule has 6 heteroatoms. The molecule has 0 saturated heterocycles. The predicted octanol–water partition coefficient (Wildman–Crippen LogP) is 4.43. The second-order valence-electron chi connectivity index (χ2n) is 7.14. The second-order valence-corrected chi connectivity index (χ2v) is 8.31. The second kappa shape index (κ2) is 8.97. The minimum atomic E-state index is -0.102. The SMILES string of the molecule is CC(=O)NCc1ccc(C(=O)NCC(c2ccccc2)c2c[nH]c3ccccc23)s1. The number of fused-ring (bicyclic) bond motifs is 1. The molecule has 0 spiro atoms. The summed E-state index contributed by atoms with van der Waals surface area (Å²) >= 11 is 1.40. The number of thiophene rings is 1. The molecule has 0 bridgehead atoms. The van der Waals surface area contributed by atoms with Gasteiger partial charge in [0.1, 0.15) is 0 Å². The van der Waals surface area contributed by atoms with E-state index in [9.17, 15) is 9.59 Å². The van der Waals surface area contributed by atoms with Gasteiger partial charge in [-0.05, 0) is 29.3 Å². The number of aromatic nitrogens is 1. The van der Waals surface area contributed by atoms with Crippen LogP contribution in [0, 0.1) is 0 Å². The van der Waals surface area contributed by atoms with Gasteiger partial charge in [-0.15, -0.1) is 11.3 Å². The third-order valence-corrected chi connectivity index (χ3v) is 6.15. The van der Waals surface area contributed by atoms with E-state index in [0.717, 1.165) is 26.9 Å². The van der Waals surface area contributed by atoms with Crippen LogP contribution in [0.25, 0.3) is 10.9 Å². The highest BCUT2D eigenvalue weighted by Crippen LogP contribution is 2.30. The van der Waals surface area contributed by atoms with Gasteiger partial charge in [-0.2, -0.15) is 0 Å². The Morgan fingerprint density at radius 2 is 1.73 bits per heavy atom. The highest BCUT2D eigenvalue weighted by atomic mass is 32.1. The van der Waals surface area contributed by atoms with E-state index in [0.29, 0.717) is 18.0 Å². The number of aromatic amines is 1. The first-order valence-corrected chi connectivity index (χ1v) is 10.7. The normalized spacial score (nSPS) is 11.9.